The molecule has 3 rings (SSSR count). The van der Waals surface area contributed by atoms with E-state index in [4.69, 9.17) is 5.73 Å². The van der Waals surface area contributed by atoms with E-state index in [0.717, 1.165) is 4.90 Å². The molecule has 110 valence electrons. The Balaban J connectivity index is 1.97. The Morgan fingerprint density at radius 3 is 2.76 bits per heavy atom. The van der Waals surface area contributed by atoms with Crippen molar-refractivity contribution >= 4 is 23.4 Å². The molecule has 7 heteroatoms. The predicted molar refractivity (Wildman–Crippen MR) is 72.8 cm³/mol. The zero-order valence-corrected chi connectivity index (χ0v) is 11.2. The molecule has 2 aliphatic heterocycles. The van der Waals surface area contributed by atoms with Gasteiger partial charge in [0.05, 0.1) is 0 Å². The number of aliphatic hydroxyl groups is 1. The van der Waals surface area contributed by atoms with Crippen molar-refractivity contribution in [3.05, 3.63) is 29.3 Å². The first kappa shape index (κ1) is 13.6. The molecule has 1 aromatic carbocycles. The van der Waals surface area contributed by atoms with Gasteiger partial charge in [-0.05, 0) is 25.0 Å². The van der Waals surface area contributed by atoms with Crippen LogP contribution in [0.2, 0.25) is 0 Å². The van der Waals surface area contributed by atoms with Gasteiger partial charge in [0.2, 0.25) is 11.8 Å². The molecule has 2 aliphatic rings. The number of hydrogen-bond acceptors (Lipinski definition) is 5. The van der Waals surface area contributed by atoms with Gasteiger partial charge in [0.1, 0.15) is 6.04 Å². The van der Waals surface area contributed by atoms with Gasteiger partial charge in [-0.2, -0.15) is 0 Å². The van der Waals surface area contributed by atoms with E-state index >= 15 is 0 Å². The minimum Gasteiger partial charge on any atom is -0.398 e. The molecule has 1 unspecified atom stereocenters. The van der Waals surface area contributed by atoms with E-state index in [1.54, 1.807) is 18.2 Å². The zero-order valence-electron chi connectivity index (χ0n) is 11.2. The molecule has 0 aromatic heterocycles. The summed E-state index contributed by atoms with van der Waals surface area (Å²) in [4.78, 5) is 37.0. The Labute approximate surface area is 120 Å². The minimum atomic E-state index is -1.27. The molecule has 0 radical (unpaired) electrons. The van der Waals surface area contributed by atoms with Crippen LogP contribution in [0.15, 0.2) is 18.2 Å². The maximum Gasteiger partial charge on any atom is 0.257 e. The quantitative estimate of drug-likeness (QED) is 0.494. The molecule has 2 heterocycles. The third kappa shape index (κ3) is 2.06. The summed E-state index contributed by atoms with van der Waals surface area (Å²) in [7, 11) is 0. The minimum absolute atomic E-state index is 0.232. The maximum atomic E-state index is 12.4. The van der Waals surface area contributed by atoms with E-state index in [1.165, 1.54) is 0 Å². The van der Waals surface area contributed by atoms with Crippen molar-refractivity contribution in [1.82, 2.24) is 10.2 Å². The smallest absolute Gasteiger partial charge is 0.257 e. The lowest BCUT2D eigenvalue weighted by molar-refractivity contribution is -0.134. The average molecular weight is 289 g/mol. The summed E-state index contributed by atoms with van der Waals surface area (Å²) < 4.78 is 0. The molecule has 4 N–H and O–H groups in total. The van der Waals surface area contributed by atoms with Crippen LogP contribution < -0.4 is 11.1 Å². The lowest BCUT2D eigenvalue weighted by atomic mass is 10.1. The number of nitrogens with one attached hydrogen (secondary N) is 1. The number of carbonyl (C=O) groups is 3. The first-order chi connectivity index (χ1) is 10.0. The van der Waals surface area contributed by atoms with Gasteiger partial charge in [-0.3, -0.25) is 24.6 Å². The number of amides is 3. The van der Waals surface area contributed by atoms with Crippen molar-refractivity contribution in [3.8, 4) is 0 Å². The number of hydrogen-bond donors (Lipinski definition) is 3. The van der Waals surface area contributed by atoms with Crippen LogP contribution in [-0.4, -0.2) is 33.8 Å². The highest BCUT2D eigenvalue weighted by Gasteiger charge is 2.44. The molecule has 21 heavy (non-hydrogen) atoms. The summed E-state index contributed by atoms with van der Waals surface area (Å²) in [6.45, 7) is 0. The number of benzene rings is 1. The normalized spacial score (nSPS) is 25.6. The number of nitrogens with zero attached hydrogens (tertiary/aromatic N) is 1. The summed E-state index contributed by atoms with van der Waals surface area (Å²) in [5.74, 6) is -1.36. The van der Waals surface area contributed by atoms with Crippen molar-refractivity contribution < 1.29 is 19.5 Å². The van der Waals surface area contributed by atoms with Crippen LogP contribution >= 0.6 is 0 Å². The topological polar surface area (TPSA) is 113 Å². The van der Waals surface area contributed by atoms with Crippen molar-refractivity contribution in [3.63, 3.8) is 0 Å². The summed E-state index contributed by atoms with van der Waals surface area (Å²) in [5, 5.41) is 12.6. The highest BCUT2D eigenvalue weighted by atomic mass is 16.3. The van der Waals surface area contributed by atoms with Gasteiger partial charge < -0.3 is 10.8 Å². The number of anilines is 1. The van der Waals surface area contributed by atoms with Crippen LogP contribution in [0.1, 0.15) is 41.4 Å². The molecular weight excluding hydrogens is 274 g/mol. The van der Waals surface area contributed by atoms with Crippen LogP contribution in [0.4, 0.5) is 5.69 Å². The van der Waals surface area contributed by atoms with Gasteiger partial charge in [0.25, 0.3) is 5.91 Å². The van der Waals surface area contributed by atoms with Gasteiger partial charge in [0, 0.05) is 23.2 Å². The highest BCUT2D eigenvalue weighted by Crippen LogP contribution is 2.38. The molecule has 7 nitrogen and oxygen atoms in total. The third-order valence-electron chi connectivity index (χ3n) is 3.91. The molecule has 1 saturated heterocycles. The van der Waals surface area contributed by atoms with E-state index in [0.29, 0.717) is 29.7 Å². The SMILES string of the molecule is Nc1cccc2c1C(O)N([C@@H]1CCCC(=O)NC1=O)C2=O. The molecule has 3 amide bonds. The van der Waals surface area contributed by atoms with E-state index in [2.05, 4.69) is 5.32 Å². The first-order valence-electron chi connectivity index (χ1n) is 6.73. The molecule has 0 saturated carbocycles. The second kappa shape index (κ2) is 4.85. The maximum absolute atomic E-state index is 12.4. The Bertz CT molecular complexity index is 643. The zero-order chi connectivity index (χ0) is 15.1. The van der Waals surface area contributed by atoms with E-state index in [9.17, 15) is 19.5 Å². The van der Waals surface area contributed by atoms with Crippen LogP contribution in [0, 0.1) is 0 Å². The largest absolute Gasteiger partial charge is 0.398 e. The molecule has 0 bridgehead atoms. The fourth-order valence-electron chi connectivity index (χ4n) is 2.89. The number of aliphatic hydroxyl groups excluding tert-OH is 1. The first-order valence-corrected chi connectivity index (χ1v) is 6.73. The third-order valence-corrected chi connectivity index (χ3v) is 3.91. The lowest BCUT2D eigenvalue weighted by Crippen LogP contribution is -2.48. The number of nitrogen functional groups attached to an aromatic ring is 1. The van der Waals surface area contributed by atoms with Crippen molar-refractivity contribution in [2.45, 2.75) is 31.5 Å². The van der Waals surface area contributed by atoms with Gasteiger partial charge in [0.15, 0.2) is 6.23 Å². The van der Waals surface area contributed by atoms with Gasteiger partial charge in [-0.25, -0.2) is 0 Å². The Morgan fingerprint density at radius 1 is 1.29 bits per heavy atom. The fraction of sp³-hybridized carbons (Fsp3) is 0.357. The van der Waals surface area contributed by atoms with E-state index in [1.807, 2.05) is 0 Å². The second-order valence-corrected chi connectivity index (χ2v) is 5.22. The Hall–Kier alpha value is -2.41. The number of carbonyl (C=O) groups excluding carboxylic acids is 3. The van der Waals surface area contributed by atoms with Crippen molar-refractivity contribution in [2.75, 3.05) is 5.73 Å². The molecule has 0 spiro atoms. The van der Waals surface area contributed by atoms with Crippen LogP contribution in [-0.2, 0) is 9.59 Å². The fourth-order valence-corrected chi connectivity index (χ4v) is 2.89. The Morgan fingerprint density at radius 2 is 2.05 bits per heavy atom. The number of imide groups is 1. The van der Waals surface area contributed by atoms with Crippen molar-refractivity contribution in [1.29, 1.82) is 0 Å². The summed E-state index contributed by atoms with van der Waals surface area (Å²) in [6, 6.07) is 3.91. The molecule has 1 aromatic rings. The molecule has 1 fully saturated rings. The van der Waals surface area contributed by atoms with E-state index < -0.39 is 24.1 Å². The number of fused-ring (bicyclic) bond motifs is 1. The summed E-state index contributed by atoms with van der Waals surface area (Å²) >= 11 is 0. The molecule has 2 atom stereocenters. The Kier molecular flexibility index (Phi) is 3.13. The highest BCUT2D eigenvalue weighted by molar-refractivity contribution is 6.05. The van der Waals surface area contributed by atoms with Crippen LogP contribution in [0.3, 0.4) is 0 Å². The molecule has 0 aliphatic carbocycles. The summed E-state index contributed by atoms with van der Waals surface area (Å²) in [5.41, 5.74) is 6.74. The van der Waals surface area contributed by atoms with Crippen LogP contribution in [0.5, 0.6) is 0 Å². The average Bonchev–Trinajstić information content (AvgIpc) is 2.57. The predicted octanol–water partition coefficient (Wildman–Crippen LogP) is -0.0892. The lowest BCUT2D eigenvalue weighted by Gasteiger charge is -2.28. The summed E-state index contributed by atoms with van der Waals surface area (Å²) in [6.07, 6.45) is -0.230. The van der Waals surface area contributed by atoms with E-state index in [-0.39, 0.29) is 12.3 Å². The second-order valence-electron chi connectivity index (χ2n) is 5.22. The van der Waals surface area contributed by atoms with Gasteiger partial charge >= 0.3 is 0 Å². The number of nitrogens with two attached hydrogens (primary N) is 1. The van der Waals surface area contributed by atoms with Crippen LogP contribution in [0.25, 0.3) is 0 Å². The molecular formula is C14H15N3O4. The number of rotatable bonds is 1. The van der Waals surface area contributed by atoms with Gasteiger partial charge in [-0.1, -0.05) is 6.07 Å². The van der Waals surface area contributed by atoms with Gasteiger partial charge in [-0.15, -0.1) is 0 Å². The standard InChI is InChI=1S/C14H15N3O4/c15-8-4-1-3-7-11(8)14(21)17(13(7)20)9-5-2-6-10(18)16-12(9)19/h1,3-4,9,14,21H,2,5-6,15H2,(H,16,18,19)/t9-,14?/m1/s1. The van der Waals surface area contributed by atoms with Crippen molar-refractivity contribution in [2.24, 2.45) is 0 Å². The monoisotopic (exact) mass is 289 g/mol.